The van der Waals surface area contributed by atoms with Gasteiger partial charge in [0.25, 0.3) is 0 Å². The van der Waals surface area contributed by atoms with Crippen molar-refractivity contribution in [2.24, 2.45) is 0 Å². The molecule has 0 unspecified atom stereocenters. The van der Waals surface area contributed by atoms with Crippen LogP contribution in [0, 0.1) is 6.08 Å². The molecule has 3 aromatic rings. The van der Waals surface area contributed by atoms with E-state index in [4.69, 9.17) is 0 Å². The second-order valence-electron chi connectivity index (χ2n) is 5.38. The van der Waals surface area contributed by atoms with E-state index >= 15 is 0 Å². The van der Waals surface area contributed by atoms with Crippen molar-refractivity contribution in [3.05, 3.63) is 116 Å². The van der Waals surface area contributed by atoms with Crippen LogP contribution in [0.3, 0.4) is 0 Å². The van der Waals surface area contributed by atoms with Gasteiger partial charge in [-0.25, -0.2) is 12.2 Å². The first kappa shape index (κ1) is 23.8. The van der Waals surface area contributed by atoms with Gasteiger partial charge in [-0.3, -0.25) is 4.79 Å². The molecule has 0 aliphatic carbocycles. The van der Waals surface area contributed by atoms with E-state index in [9.17, 15) is 4.79 Å². The summed E-state index contributed by atoms with van der Waals surface area (Å²) in [5.74, 6) is -0.482. The first-order chi connectivity index (χ1) is 13.3. The van der Waals surface area contributed by atoms with Gasteiger partial charge in [0, 0.05) is 0 Å². The molecule has 0 amide bonds. The molecule has 0 fully saturated rings. The summed E-state index contributed by atoms with van der Waals surface area (Å²) in [6.45, 7) is 3.34. The minimum atomic E-state index is -0.482. The van der Waals surface area contributed by atoms with Gasteiger partial charge in [0.2, 0.25) is 5.97 Å². The van der Waals surface area contributed by atoms with E-state index in [2.05, 4.69) is 108 Å². The van der Waals surface area contributed by atoms with Gasteiger partial charge in [-0.1, -0.05) is 91.0 Å². The maximum Gasteiger partial charge on any atom is 1.00 e. The maximum atomic E-state index is 10.2. The van der Waals surface area contributed by atoms with Gasteiger partial charge in [-0.15, -0.1) is 0 Å². The number of benzene rings is 3. The number of carbonyl (C=O) groups excluding carboxylic acids is 1. The Bertz CT molecular complexity index is 756. The molecular weight excluding hydrogens is 548 g/mol. The second kappa shape index (κ2) is 13.9. The Kier molecular flexibility index (Phi) is 11.8. The molecule has 2 nitrogen and oxygen atoms in total. The minimum Gasteiger partial charge on any atom is -0.480 e. The summed E-state index contributed by atoms with van der Waals surface area (Å²) in [7, 11) is 0.852. The molecule has 0 radical (unpaired) electrons. The SMILES string of the molecule is C=CC=[C-]C(=O)OC.[Au+].c1ccc(P(c2ccccc2)c2ccccc2)cc1. The predicted molar refractivity (Wildman–Crippen MR) is 115 cm³/mol. The zero-order valence-corrected chi connectivity index (χ0v) is 18.6. The minimum absolute atomic E-state index is 0. The summed E-state index contributed by atoms with van der Waals surface area (Å²) in [5.41, 5.74) is 0. The number of allylic oxidation sites excluding steroid dienone is 2. The Balaban J connectivity index is 0.000000376. The van der Waals surface area contributed by atoms with E-state index in [0.717, 1.165) is 0 Å². The molecule has 0 saturated heterocycles. The molecule has 0 aliphatic heterocycles. The third-order valence-electron chi connectivity index (χ3n) is 3.55. The molecule has 3 rings (SSSR count). The average Bonchev–Trinajstić information content (AvgIpc) is 2.75. The monoisotopic (exact) mass is 570 g/mol. The average molecular weight is 570 g/mol. The Labute approximate surface area is 184 Å². The molecule has 0 atom stereocenters. The van der Waals surface area contributed by atoms with E-state index in [1.807, 2.05) is 0 Å². The van der Waals surface area contributed by atoms with Crippen LogP contribution in [0.15, 0.2) is 110 Å². The summed E-state index contributed by atoms with van der Waals surface area (Å²) in [6, 6.07) is 32.3. The van der Waals surface area contributed by atoms with Crippen LogP contribution in [-0.2, 0) is 31.9 Å². The molecule has 0 spiro atoms. The number of methoxy groups -OCH3 is 1. The quantitative estimate of drug-likeness (QED) is 0.115. The Morgan fingerprint density at radius 3 is 1.46 bits per heavy atom. The Hall–Kier alpha value is -2.22. The molecular formula is C24H22AuO2P. The predicted octanol–water partition coefficient (Wildman–Crippen LogP) is 4.15. The fraction of sp³-hybridized carbons (Fsp3) is 0.0417. The van der Waals surface area contributed by atoms with Crippen LogP contribution in [-0.4, -0.2) is 13.1 Å². The fourth-order valence-corrected chi connectivity index (χ4v) is 4.67. The van der Waals surface area contributed by atoms with Gasteiger partial charge in [-0.2, -0.15) is 12.7 Å². The van der Waals surface area contributed by atoms with E-state index in [1.54, 1.807) is 0 Å². The van der Waals surface area contributed by atoms with Gasteiger partial charge >= 0.3 is 22.4 Å². The van der Waals surface area contributed by atoms with Crippen LogP contribution >= 0.6 is 7.92 Å². The third kappa shape index (κ3) is 7.80. The smallest absolute Gasteiger partial charge is 0.480 e. The van der Waals surface area contributed by atoms with Crippen molar-refractivity contribution in [1.29, 1.82) is 0 Å². The van der Waals surface area contributed by atoms with E-state index in [1.165, 1.54) is 35.2 Å². The van der Waals surface area contributed by atoms with Crippen molar-refractivity contribution in [2.45, 2.75) is 0 Å². The van der Waals surface area contributed by atoms with Crippen LogP contribution in [0.5, 0.6) is 0 Å². The fourth-order valence-electron chi connectivity index (χ4n) is 2.36. The standard InChI is InChI=1S/C18H15P.C6H7O2.Au/c1-4-10-16(11-5-1)19(17-12-6-2-7-13-17)18-14-8-3-9-15-18;1-3-4-5-6(7)8-2;/h1-15H;3-4H,1H2,2H3;/q;-1;+1. The van der Waals surface area contributed by atoms with Crippen LogP contribution in [0.4, 0.5) is 0 Å². The number of hydrogen-bond donors (Lipinski definition) is 0. The molecule has 0 heterocycles. The van der Waals surface area contributed by atoms with Crippen molar-refractivity contribution in [3.63, 3.8) is 0 Å². The van der Waals surface area contributed by atoms with Crippen molar-refractivity contribution in [2.75, 3.05) is 7.11 Å². The van der Waals surface area contributed by atoms with Crippen LogP contribution in [0.1, 0.15) is 0 Å². The topological polar surface area (TPSA) is 26.3 Å². The molecule has 0 saturated carbocycles. The molecule has 0 bridgehead atoms. The molecule has 4 heteroatoms. The van der Waals surface area contributed by atoms with Crippen LogP contribution in [0.2, 0.25) is 0 Å². The van der Waals surface area contributed by atoms with Crippen molar-refractivity contribution >= 4 is 29.8 Å². The Morgan fingerprint density at radius 1 is 0.821 bits per heavy atom. The number of ether oxygens (including phenoxy) is 1. The van der Waals surface area contributed by atoms with Gasteiger partial charge in [0.05, 0.1) is 7.11 Å². The number of carbonyl (C=O) groups is 1. The second-order valence-corrected chi connectivity index (χ2v) is 7.60. The molecule has 3 aromatic carbocycles. The molecule has 0 aromatic heterocycles. The summed E-state index contributed by atoms with van der Waals surface area (Å²) in [6.07, 6.45) is 5.13. The number of hydrogen-bond acceptors (Lipinski definition) is 2. The molecule has 0 N–H and O–H groups in total. The molecule has 28 heavy (non-hydrogen) atoms. The van der Waals surface area contributed by atoms with Gasteiger partial charge in [-0.05, 0) is 23.8 Å². The third-order valence-corrected chi connectivity index (χ3v) is 5.99. The van der Waals surface area contributed by atoms with Gasteiger partial charge in [0.1, 0.15) is 0 Å². The van der Waals surface area contributed by atoms with Crippen LogP contribution < -0.4 is 15.9 Å². The molecule has 146 valence electrons. The van der Waals surface area contributed by atoms with Gasteiger partial charge in [0.15, 0.2) is 0 Å². The Morgan fingerprint density at radius 2 is 1.18 bits per heavy atom. The first-order valence-electron chi connectivity index (χ1n) is 8.50. The van der Waals surface area contributed by atoms with Crippen LogP contribution in [0.25, 0.3) is 0 Å². The number of esters is 1. The van der Waals surface area contributed by atoms with Crippen molar-refractivity contribution in [3.8, 4) is 0 Å². The van der Waals surface area contributed by atoms with Crippen molar-refractivity contribution in [1.82, 2.24) is 0 Å². The van der Waals surface area contributed by atoms with Gasteiger partial charge < -0.3 is 4.74 Å². The van der Waals surface area contributed by atoms with E-state index < -0.39 is 13.9 Å². The van der Waals surface area contributed by atoms with Crippen molar-refractivity contribution < 1.29 is 31.9 Å². The van der Waals surface area contributed by atoms with E-state index in [0.29, 0.717) is 0 Å². The normalized spacial score (nSPS) is 9.79. The summed E-state index contributed by atoms with van der Waals surface area (Å²) in [4.78, 5) is 10.2. The summed E-state index contributed by atoms with van der Waals surface area (Å²) in [5, 5.41) is 4.19. The van der Waals surface area contributed by atoms with E-state index in [-0.39, 0.29) is 22.4 Å². The number of rotatable bonds is 5. The zero-order chi connectivity index (χ0) is 19.3. The zero-order valence-electron chi connectivity index (χ0n) is 15.6. The first-order valence-corrected chi connectivity index (χ1v) is 9.84. The summed E-state index contributed by atoms with van der Waals surface area (Å²) >= 11 is 0. The largest absolute Gasteiger partial charge is 1.00 e. The summed E-state index contributed by atoms with van der Waals surface area (Å²) < 4.78 is 4.22. The molecule has 0 aliphatic rings. The maximum absolute atomic E-state index is 10.2.